The number of aliphatic hydroxyl groups excluding tert-OH is 1. The monoisotopic (exact) mass is 546 g/mol. The van der Waals surface area contributed by atoms with Crippen molar-refractivity contribution in [2.24, 2.45) is 0 Å². The summed E-state index contributed by atoms with van der Waals surface area (Å²) in [6.07, 6.45) is 0.523. The van der Waals surface area contributed by atoms with Crippen molar-refractivity contribution in [2.45, 2.75) is 58.6 Å². The smallest absolute Gasteiger partial charge is 0.253 e. The number of rotatable bonds is 15. The fraction of sp³-hybridized carbons (Fsp3) is 0.483. The molecule has 0 bridgehead atoms. The first-order valence-electron chi connectivity index (χ1n) is 13.3. The summed E-state index contributed by atoms with van der Waals surface area (Å²) < 4.78 is 27.7. The molecule has 0 saturated heterocycles. The first-order chi connectivity index (χ1) is 18.6. The molecule has 8 nitrogen and oxygen atoms in total. The predicted molar refractivity (Wildman–Crippen MR) is 147 cm³/mol. The van der Waals surface area contributed by atoms with Crippen LogP contribution >= 0.6 is 0 Å². The van der Waals surface area contributed by atoms with Crippen molar-refractivity contribution >= 4 is 17.7 Å². The zero-order chi connectivity index (χ0) is 28.9. The van der Waals surface area contributed by atoms with Gasteiger partial charge in [-0.15, -0.1) is 0 Å². The molecule has 2 rings (SSSR count). The van der Waals surface area contributed by atoms with Crippen molar-refractivity contribution in [3.05, 3.63) is 70.3 Å². The van der Waals surface area contributed by atoms with Crippen LogP contribution < -0.4 is 16.0 Å². The maximum Gasteiger partial charge on any atom is 0.253 e. The van der Waals surface area contributed by atoms with Gasteiger partial charge in [0.25, 0.3) is 11.8 Å². The van der Waals surface area contributed by atoms with E-state index in [4.69, 9.17) is 0 Å². The lowest BCUT2D eigenvalue weighted by molar-refractivity contribution is -0.120. The average molecular weight is 547 g/mol. The van der Waals surface area contributed by atoms with Crippen molar-refractivity contribution in [1.82, 2.24) is 20.9 Å². The van der Waals surface area contributed by atoms with E-state index >= 15 is 0 Å². The Morgan fingerprint density at radius 2 is 1.56 bits per heavy atom. The summed E-state index contributed by atoms with van der Waals surface area (Å²) in [5.74, 6) is -2.50. The van der Waals surface area contributed by atoms with Gasteiger partial charge in [0, 0.05) is 36.8 Å². The third kappa shape index (κ3) is 10.4. The van der Waals surface area contributed by atoms with Gasteiger partial charge in [-0.05, 0) is 81.1 Å². The zero-order valence-electron chi connectivity index (χ0n) is 23.2. The largest absolute Gasteiger partial charge is 0.391 e. The van der Waals surface area contributed by atoms with Gasteiger partial charge in [-0.1, -0.05) is 13.8 Å². The molecule has 0 aliphatic rings. The van der Waals surface area contributed by atoms with E-state index in [0.29, 0.717) is 18.7 Å². The molecule has 0 spiro atoms. The number of likely N-dealkylation sites (N-methyl/N-ethyl adjacent to an activating group) is 1. The van der Waals surface area contributed by atoms with E-state index in [1.54, 1.807) is 31.0 Å². The van der Waals surface area contributed by atoms with E-state index in [1.807, 2.05) is 13.8 Å². The van der Waals surface area contributed by atoms with E-state index in [0.717, 1.165) is 36.6 Å². The Morgan fingerprint density at radius 1 is 0.949 bits per heavy atom. The van der Waals surface area contributed by atoms with Crippen LogP contribution in [0.2, 0.25) is 0 Å². The van der Waals surface area contributed by atoms with Crippen LogP contribution in [0.25, 0.3) is 0 Å². The molecule has 2 aromatic carbocycles. The fourth-order valence-electron chi connectivity index (χ4n) is 4.38. The Balaban J connectivity index is 2.27. The van der Waals surface area contributed by atoms with Gasteiger partial charge in [0.05, 0.1) is 18.7 Å². The van der Waals surface area contributed by atoms with Gasteiger partial charge in [0.1, 0.15) is 11.6 Å². The minimum Gasteiger partial charge on any atom is -0.391 e. The van der Waals surface area contributed by atoms with Crippen molar-refractivity contribution in [2.75, 3.05) is 33.2 Å². The molecule has 2 atom stereocenters. The highest BCUT2D eigenvalue weighted by Crippen LogP contribution is 2.16. The number of nitrogens with zero attached hydrogens (tertiary/aromatic N) is 1. The van der Waals surface area contributed by atoms with E-state index in [-0.39, 0.29) is 48.9 Å². The van der Waals surface area contributed by atoms with Crippen LogP contribution in [0.5, 0.6) is 0 Å². The molecule has 2 aromatic rings. The Hall–Kier alpha value is -3.37. The molecule has 0 aliphatic carbocycles. The first-order valence-corrected chi connectivity index (χ1v) is 13.3. The Morgan fingerprint density at radius 3 is 2.15 bits per heavy atom. The highest BCUT2D eigenvalue weighted by molar-refractivity contribution is 6.00. The predicted octanol–water partition coefficient (Wildman–Crippen LogP) is 2.96. The lowest BCUT2D eigenvalue weighted by Crippen LogP contribution is -2.46. The highest BCUT2D eigenvalue weighted by atomic mass is 19.1. The number of hydrogen-bond donors (Lipinski definition) is 4. The van der Waals surface area contributed by atoms with Crippen molar-refractivity contribution in [3.63, 3.8) is 0 Å². The number of amides is 3. The van der Waals surface area contributed by atoms with E-state index < -0.39 is 29.7 Å². The number of aliphatic hydroxyl groups is 1. The minimum atomic E-state index is -1.13. The van der Waals surface area contributed by atoms with Gasteiger partial charge in [0.2, 0.25) is 5.91 Å². The maximum absolute atomic E-state index is 13.8. The lowest BCUT2D eigenvalue weighted by atomic mass is 9.97. The number of carbonyl (C=O) groups excluding carboxylic acids is 3. The summed E-state index contributed by atoms with van der Waals surface area (Å²) in [6, 6.07) is 7.00. The molecular weight excluding hydrogens is 506 g/mol. The number of nitrogens with one attached hydrogen (secondary N) is 3. The molecular formula is C29H40F2N4O4. The standard InChI is InChI=1S/C29H40F2N4O4/c1-5-9-35(10-6-2)29(39)22-12-19(3)11-21(16-22)28(38)34-25(15-20-13-23(30)17-24(31)14-20)26(36)7-8-33-27(37)18-32-4/h11-14,16-17,25-26,32,36H,5-10,15,18H2,1-4H3,(H,33,37)(H,34,38)/t25-,26+/m0/s1. The van der Waals surface area contributed by atoms with E-state index in [2.05, 4.69) is 16.0 Å². The summed E-state index contributed by atoms with van der Waals surface area (Å²) in [7, 11) is 1.63. The van der Waals surface area contributed by atoms with Crippen LogP contribution in [-0.4, -0.2) is 73.1 Å². The Labute approximate surface area is 229 Å². The minimum absolute atomic E-state index is 0.0512. The second-order valence-corrected chi connectivity index (χ2v) is 9.68. The molecule has 0 fully saturated rings. The quantitative estimate of drug-likeness (QED) is 0.275. The summed E-state index contributed by atoms with van der Waals surface area (Å²) in [4.78, 5) is 40.0. The van der Waals surface area contributed by atoms with Crippen molar-refractivity contribution in [1.29, 1.82) is 0 Å². The molecule has 0 aliphatic heterocycles. The zero-order valence-corrected chi connectivity index (χ0v) is 23.2. The number of aryl methyl sites for hydroxylation is 1. The van der Waals surface area contributed by atoms with Crippen LogP contribution in [0.1, 0.15) is 65.0 Å². The second kappa shape index (κ2) is 15.9. The summed E-state index contributed by atoms with van der Waals surface area (Å²) in [5, 5.41) is 19.1. The van der Waals surface area contributed by atoms with Gasteiger partial charge < -0.3 is 26.0 Å². The fourth-order valence-corrected chi connectivity index (χ4v) is 4.38. The van der Waals surface area contributed by atoms with Crippen LogP contribution in [0.3, 0.4) is 0 Å². The third-order valence-electron chi connectivity index (χ3n) is 6.12. The average Bonchev–Trinajstić information content (AvgIpc) is 2.86. The van der Waals surface area contributed by atoms with Gasteiger partial charge in [0.15, 0.2) is 0 Å². The van der Waals surface area contributed by atoms with Crippen LogP contribution in [0, 0.1) is 18.6 Å². The third-order valence-corrected chi connectivity index (χ3v) is 6.12. The highest BCUT2D eigenvalue weighted by Gasteiger charge is 2.24. The van der Waals surface area contributed by atoms with Crippen molar-refractivity contribution < 1.29 is 28.3 Å². The van der Waals surface area contributed by atoms with Crippen LogP contribution in [-0.2, 0) is 11.2 Å². The van der Waals surface area contributed by atoms with Gasteiger partial charge in [-0.3, -0.25) is 14.4 Å². The Bertz CT molecular complexity index is 1100. The summed E-state index contributed by atoms with van der Waals surface area (Å²) >= 11 is 0. The molecule has 214 valence electrons. The molecule has 0 heterocycles. The molecule has 10 heteroatoms. The number of halogens is 2. The normalized spacial score (nSPS) is 12.5. The number of carbonyl (C=O) groups is 3. The molecule has 3 amide bonds. The topological polar surface area (TPSA) is 111 Å². The Kier molecular flexibility index (Phi) is 13.0. The lowest BCUT2D eigenvalue weighted by Gasteiger charge is -2.25. The molecule has 0 saturated carbocycles. The molecule has 0 radical (unpaired) electrons. The van der Waals surface area contributed by atoms with E-state index in [1.165, 1.54) is 6.07 Å². The SMILES string of the molecule is CCCN(CCC)C(=O)c1cc(C)cc(C(=O)N[C@@H](Cc2cc(F)cc(F)c2)[C@H](O)CCNC(=O)CNC)c1. The van der Waals surface area contributed by atoms with Crippen LogP contribution in [0.4, 0.5) is 8.78 Å². The van der Waals surface area contributed by atoms with Crippen LogP contribution in [0.15, 0.2) is 36.4 Å². The number of benzene rings is 2. The van der Waals surface area contributed by atoms with Gasteiger partial charge in [-0.25, -0.2) is 8.78 Å². The summed E-state index contributed by atoms with van der Waals surface area (Å²) in [5.41, 5.74) is 1.59. The second-order valence-electron chi connectivity index (χ2n) is 9.68. The van der Waals surface area contributed by atoms with Gasteiger partial charge >= 0.3 is 0 Å². The molecule has 0 unspecified atom stereocenters. The molecule has 4 N–H and O–H groups in total. The van der Waals surface area contributed by atoms with E-state index in [9.17, 15) is 28.3 Å². The molecule has 0 aromatic heterocycles. The van der Waals surface area contributed by atoms with Gasteiger partial charge in [-0.2, -0.15) is 0 Å². The molecule has 39 heavy (non-hydrogen) atoms. The summed E-state index contributed by atoms with van der Waals surface area (Å²) in [6.45, 7) is 7.23. The number of hydrogen-bond acceptors (Lipinski definition) is 5. The van der Waals surface area contributed by atoms with Crippen molar-refractivity contribution in [3.8, 4) is 0 Å². The maximum atomic E-state index is 13.8. The first kappa shape index (κ1) is 31.8.